The lowest BCUT2D eigenvalue weighted by molar-refractivity contribution is 0.436. The quantitative estimate of drug-likeness (QED) is 0.380. The van der Waals surface area contributed by atoms with Crippen LogP contribution in [-0.4, -0.2) is 19.0 Å². The third-order valence-electron chi connectivity index (χ3n) is 3.96. The predicted molar refractivity (Wildman–Crippen MR) is 94.8 cm³/mol. The Bertz CT molecular complexity index is 575. The zero-order chi connectivity index (χ0) is 16.5. The van der Waals surface area contributed by atoms with Gasteiger partial charge in [0.25, 0.3) is 0 Å². The van der Waals surface area contributed by atoms with Gasteiger partial charge in [-0.3, -0.25) is 4.21 Å². The molecule has 2 aliphatic rings. The molecule has 0 fully saturated rings. The highest BCUT2D eigenvalue weighted by atomic mass is 35.5. The molecule has 2 aliphatic heterocycles. The zero-order valence-corrected chi connectivity index (χ0v) is 16.8. The van der Waals surface area contributed by atoms with Crippen molar-refractivity contribution in [2.24, 2.45) is 10.8 Å². The molecule has 0 aromatic carbocycles. The van der Waals surface area contributed by atoms with Crippen molar-refractivity contribution in [2.45, 2.75) is 56.4 Å². The molecule has 2 heterocycles. The lowest BCUT2D eigenvalue weighted by atomic mass is 9.73. The van der Waals surface area contributed by atoms with Crippen molar-refractivity contribution in [2.75, 3.05) is 0 Å². The van der Waals surface area contributed by atoms with Crippen molar-refractivity contribution in [3.63, 3.8) is 0 Å². The van der Waals surface area contributed by atoms with Gasteiger partial charge in [-0.25, -0.2) is 0 Å². The van der Waals surface area contributed by atoms with Crippen LogP contribution in [0.3, 0.4) is 0 Å². The van der Waals surface area contributed by atoms with E-state index in [0.29, 0.717) is 5.03 Å². The van der Waals surface area contributed by atoms with Crippen LogP contribution >= 0.6 is 46.4 Å². The minimum Gasteiger partial charge on any atom is -0.258 e. The van der Waals surface area contributed by atoms with Gasteiger partial charge in [0, 0.05) is 10.8 Å². The average molecular weight is 390 g/mol. The van der Waals surface area contributed by atoms with Crippen LogP contribution in [0.2, 0.25) is 0 Å². The second-order valence-electron chi connectivity index (χ2n) is 7.70. The SMILES string of the molecule is CC(C)(C)C1=C(C(C)(C)C)[C@@H]2S(=O)[C@H]1C(Cl)=C(Cl)C2(Cl)Cl. The number of rotatable bonds is 0. The Morgan fingerprint density at radius 1 is 0.952 bits per heavy atom. The standard InChI is InChI=1S/C15H20Cl4OS/c1-13(2,3)7-8(14(4,5)6)12-15(18,19)11(17)9(16)10(7)21(12)20/h10,12H,1-6H3/t10-,12+,21?/m1/s1. The van der Waals surface area contributed by atoms with Crippen LogP contribution in [0.1, 0.15) is 41.5 Å². The molecule has 1 nitrogen and oxygen atoms in total. The largest absolute Gasteiger partial charge is 0.258 e. The van der Waals surface area contributed by atoms with Gasteiger partial charge in [0.05, 0.1) is 20.6 Å². The van der Waals surface area contributed by atoms with Crippen LogP contribution in [0, 0.1) is 10.8 Å². The minimum atomic E-state index is -1.43. The molecule has 2 bridgehead atoms. The second-order valence-corrected chi connectivity index (χ2v) is 11.5. The highest BCUT2D eigenvalue weighted by molar-refractivity contribution is 7.87. The van der Waals surface area contributed by atoms with Gasteiger partial charge in [-0.05, 0) is 22.0 Å². The summed E-state index contributed by atoms with van der Waals surface area (Å²) in [5.41, 5.74) is 1.68. The van der Waals surface area contributed by atoms with Crippen molar-refractivity contribution in [1.82, 2.24) is 0 Å². The van der Waals surface area contributed by atoms with Gasteiger partial charge in [-0.15, -0.1) is 0 Å². The van der Waals surface area contributed by atoms with E-state index < -0.39 is 25.6 Å². The second kappa shape index (κ2) is 5.14. The van der Waals surface area contributed by atoms with Gasteiger partial charge in [0.1, 0.15) is 0 Å². The fourth-order valence-corrected chi connectivity index (χ4v) is 7.53. The summed E-state index contributed by atoms with van der Waals surface area (Å²) in [6.07, 6.45) is 0. The molecule has 0 aliphatic carbocycles. The van der Waals surface area contributed by atoms with Gasteiger partial charge in [0.15, 0.2) is 4.33 Å². The molecular weight excluding hydrogens is 370 g/mol. The molecule has 0 spiro atoms. The fourth-order valence-electron chi connectivity index (χ4n) is 3.19. The summed E-state index contributed by atoms with van der Waals surface area (Å²) in [5, 5.41) is -0.386. The maximum absolute atomic E-state index is 13.0. The van der Waals surface area contributed by atoms with Gasteiger partial charge in [-0.1, -0.05) is 87.9 Å². The van der Waals surface area contributed by atoms with E-state index in [-0.39, 0.29) is 15.9 Å². The number of fused-ring (bicyclic) bond motifs is 2. The molecule has 0 aromatic rings. The van der Waals surface area contributed by atoms with Crippen LogP contribution in [0.5, 0.6) is 0 Å². The normalized spacial score (nSPS) is 33.0. The van der Waals surface area contributed by atoms with E-state index in [2.05, 4.69) is 41.5 Å². The summed E-state index contributed by atoms with van der Waals surface area (Å²) < 4.78 is 11.6. The first-order valence-corrected chi connectivity index (χ1v) is 9.59. The van der Waals surface area contributed by atoms with E-state index in [0.717, 1.165) is 11.1 Å². The minimum absolute atomic E-state index is 0.191. The Hall–Kier alpha value is 0.790. The molecule has 21 heavy (non-hydrogen) atoms. The average Bonchev–Trinajstić information content (AvgIpc) is 2.56. The monoisotopic (exact) mass is 388 g/mol. The summed E-state index contributed by atoms with van der Waals surface area (Å²) >= 11 is 25.7. The van der Waals surface area contributed by atoms with Gasteiger partial charge in [0.2, 0.25) is 0 Å². The topological polar surface area (TPSA) is 17.1 Å². The molecule has 3 atom stereocenters. The summed E-state index contributed by atoms with van der Waals surface area (Å²) in [7, 11) is -1.30. The molecule has 0 aromatic heterocycles. The number of halogens is 4. The van der Waals surface area contributed by atoms with Crippen molar-refractivity contribution in [1.29, 1.82) is 0 Å². The molecule has 0 saturated heterocycles. The lowest BCUT2D eigenvalue weighted by Gasteiger charge is -2.36. The van der Waals surface area contributed by atoms with E-state index in [1.807, 2.05) is 0 Å². The summed E-state index contributed by atoms with van der Waals surface area (Å²) in [5.74, 6) is 0. The van der Waals surface area contributed by atoms with Crippen LogP contribution in [0.15, 0.2) is 21.2 Å². The molecule has 0 saturated carbocycles. The van der Waals surface area contributed by atoms with E-state index in [1.54, 1.807) is 0 Å². The molecule has 0 amide bonds. The van der Waals surface area contributed by atoms with Crippen LogP contribution in [0.25, 0.3) is 0 Å². The van der Waals surface area contributed by atoms with Crippen LogP contribution in [-0.2, 0) is 10.8 Å². The van der Waals surface area contributed by atoms with E-state index in [4.69, 9.17) is 46.4 Å². The first-order valence-electron chi connectivity index (χ1n) is 6.80. The zero-order valence-electron chi connectivity index (χ0n) is 13.0. The Morgan fingerprint density at radius 3 is 1.76 bits per heavy atom. The fraction of sp³-hybridized carbons (Fsp3) is 0.733. The van der Waals surface area contributed by atoms with Crippen LogP contribution in [0.4, 0.5) is 0 Å². The molecule has 0 radical (unpaired) electrons. The Labute approximate surface area is 149 Å². The summed E-state index contributed by atoms with van der Waals surface area (Å²) in [4.78, 5) is 0. The molecule has 0 N–H and O–H groups in total. The third-order valence-corrected chi connectivity index (χ3v) is 8.35. The summed E-state index contributed by atoms with van der Waals surface area (Å²) in [6.45, 7) is 12.5. The van der Waals surface area contributed by atoms with Gasteiger partial charge < -0.3 is 0 Å². The molecule has 1 unspecified atom stereocenters. The highest BCUT2D eigenvalue weighted by Gasteiger charge is 2.61. The van der Waals surface area contributed by atoms with E-state index in [1.165, 1.54) is 0 Å². The molecule has 6 heteroatoms. The van der Waals surface area contributed by atoms with Crippen molar-refractivity contribution < 1.29 is 4.21 Å². The van der Waals surface area contributed by atoms with Crippen LogP contribution < -0.4 is 0 Å². The predicted octanol–water partition coefficient (Wildman–Crippen LogP) is 5.75. The van der Waals surface area contributed by atoms with Crippen molar-refractivity contribution >= 4 is 57.2 Å². The number of hydrogen-bond donors (Lipinski definition) is 0. The summed E-state index contributed by atoms with van der Waals surface area (Å²) in [6, 6.07) is 0. The Balaban J connectivity index is 2.87. The first-order chi connectivity index (χ1) is 9.22. The Morgan fingerprint density at radius 2 is 1.38 bits per heavy atom. The molecule has 2 rings (SSSR count). The lowest BCUT2D eigenvalue weighted by Crippen LogP contribution is -2.43. The van der Waals surface area contributed by atoms with Gasteiger partial charge in [-0.2, -0.15) is 0 Å². The maximum atomic E-state index is 13.0. The highest BCUT2D eigenvalue weighted by Crippen LogP contribution is 2.61. The maximum Gasteiger partial charge on any atom is 0.172 e. The van der Waals surface area contributed by atoms with E-state index >= 15 is 0 Å². The first kappa shape index (κ1) is 18.1. The number of hydrogen-bond acceptors (Lipinski definition) is 1. The van der Waals surface area contributed by atoms with Gasteiger partial charge >= 0.3 is 0 Å². The number of alkyl halides is 2. The third kappa shape index (κ3) is 2.63. The Kier molecular flexibility index (Phi) is 4.44. The van der Waals surface area contributed by atoms with Crippen molar-refractivity contribution in [3.05, 3.63) is 21.2 Å². The van der Waals surface area contributed by atoms with Crippen molar-refractivity contribution in [3.8, 4) is 0 Å². The number of allylic oxidation sites excluding steroid dienone is 1. The van der Waals surface area contributed by atoms with E-state index in [9.17, 15) is 4.21 Å². The smallest absolute Gasteiger partial charge is 0.172 e. The molecular formula is C15H20Cl4OS. The molecule has 120 valence electrons.